The van der Waals surface area contributed by atoms with Gasteiger partial charge in [-0.05, 0) is 56.4 Å². The van der Waals surface area contributed by atoms with Gasteiger partial charge in [0.2, 0.25) is 0 Å². The summed E-state index contributed by atoms with van der Waals surface area (Å²) in [5.41, 5.74) is 0.301. The summed E-state index contributed by atoms with van der Waals surface area (Å²) >= 11 is 0. The Balaban J connectivity index is 2.26. The van der Waals surface area contributed by atoms with Gasteiger partial charge in [0.25, 0.3) is 0 Å². The molecule has 0 aliphatic heterocycles. The molecule has 2 N–H and O–H groups in total. The number of rotatable bonds is 4. The molecule has 0 amide bonds. The first-order chi connectivity index (χ1) is 7.91. The van der Waals surface area contributed by atoms with E-state index in [2.05, 4.69) is 5.32 Å². The maximum Gasteiger partial charge on any atom is 0.329 e. The normalized spacial score (nSPS) is 18.5. The number of aliphatic carboxylic acids is 1. The highest BCUT2D eigenvalue weighted by Gasteiger charge is 2.47. The maximum absolute atomic E-state index is 13.2. The van der Waals surface area contributed by atoms with Gasteiger partial charge in [-0.3, -0.25) is 0 Å². The van der Waals surface area contributed by atoms with E-state index in [0.717, 1.165) is 18.4 Å². The van der Waals surface area contributed by atoms with Crippen LogP contribution in [0.25, 0.3) is 0 Å². The largest absolute Gasteiger partial charge is 0.480 e. The van der Waals surface area contributed by atoms with Crippen LogP contribution in [-0.4, -0.2) is 16.6 Å². The van der Waals surface area contributed by atoms with Crippen LogP contribution in [0.15, 0.2) is 18.2 Å². The van der Waals surface area contributed by atoms with Crippen molar-refractivity contribution in [3.63, 3.8) is 0 Å². The molecule has 0 saturated heterocycles. The minimum atomic E-state index is -1.000. The van der Waals surface area contributed by atoms with Gasteiger partial charge in [-0.15, -0.1) is 0 Å². The monoisotopic (exact) mass is 237 g/mol. The second-order valence-corrected chi connectivity index (χ2v) is 4.92. The molecule has 92 valence electrons. The van der Waals surface area contributed by atoms with Gasteiger partial charge in [-0.25, -0.2) is 9.18 Å². The van der Waals surface area contributed by atoms with Crippen LogP contribution in [0.3, 0.4) is 0 Å². The molecule has 1 aromatic rings. The molecule has 0 spiro atoms. The van der Waals surface area contributed by atoms with Crippen LogP contribution in [-0.2, 0) is 4.79 Å². The number of halogens is 1. The van der Waals surface area contributed by atoms with Crippen LogP contribution in [0.1, 0.15) is 25.3 Å². The van der Waals surface area contributed by atoms with Crippen LogP contribution in [0, 0.1) is 18.7 Å². The number of benzene rings is 1. The maximum atomic E-state index is 13.2. The van der Waals surface area contributed by atoms with Gasteiger partial charge in [0.1, 0.15) is 11.4 Å². The fraction of sp³-hybridized carbons (Fsp3) is 0.462. The van der Waals surface area contributed by atoms with Crippen molar-refractivity contribution in [2.24, 2.45) is 5.92 Å². The van der Waals surface area contributed by atoms with E-state index in [1.807, 2.05) is 0 Å². The lowest BCUT2D eigenvalue weighted by Crippen LogP contribution is -2.45. The van der Waals surface area contributed by atoms with Gasteiger partial charge in [-0.2, -0.15) is 0 Å². The van der Waals surface area contributed by atoms with Crippen molar-refractivity contribution < 1.29 is 14.3 Å². The average Bonchev–Trinajstić information content (AvgIpc) is 2.97. The smallest absolute Gasteiger partial charge is 0.329 e. The van der Waals surface area contributed by atoms with Crippen LogP contribution in [0.4, 0.5) is 10.1 Å². The summed E-state index contributed by atoms with van der Waals surface area (Å²) in [5.74, 6) is -1.11. The van der Waals surface area contributed by atoms with Gasteiger partial charge in [0.05, 0.1) is 0 Å². The number of anilines is 1. The van der Waals surface area contributed by atoms with Crippen molar-refractivity contribution in [2.75, 3.05) is 5.32 Å². The lowest BCUT2D eigenvalue weighted by atomic mass is 9.95. The van der Waals surface area contributed by atoms with Crippen LogP contribution in [0.5, 0.6) is 0 Å². The SMILES string of the molecule is Cc1cc(F)cc(NC(C)(C(=O)O)C2CC2)c1. The average molecular weight is 237 g/mol. The minimum Gasteiger partial charge on any atom is -0.480 e. The van der Waals surface area contributed by atoms with Crippen molar-refractivity contribution in [2.45, 2.75) is 32.2 Å². The second kappa shape index (κ2) is 4.02. The molecule has 1 aliphatic rings. The minimum absolute atomic E-state index is 0.128. The van der Waals surface area contributed by atoms with E-state index in [4.69, 9.17) is 0 Å². The fourth-order valence-corrected chi connectivity index (χ4v) is 2.10. The molecule has 17 heavy (non-hydrogen) atoms. The fourth-order valence-electron chi connectivity index (χ4n) is 2.10. The highest BCUT2D eigenvalue weighted by molar-refractivity contribution is 5.83. The van der Waals surface area contributed by atoms with E-state index in [1.54, 1.807) is 19.9 Å². The summed E-state index contributed by atoms with van der Waals surface area (Å²) < 4.78 is 13.2. The first-order valence-electron chi connectivity index (χ1n) is 5.70. The molecule has 1 atom stereocenters. The third kappa shape index (κ3) is 2.40. The zero-order valence-corrected chi connectivity index (χ0v) is 9.96. The van der Waals surface area contributed by atoms with Crippen LogP contribution < -0.4 is 5.32 Å². The third-order valence-corrected chi connectivity index (χ3v) is 3.28. The predicted octanol–water partition coefficient (Wildman–Crippen LogP) is 2.80. The van der Waals surface area contributed by atoms with Crippen molar-refractivity contribution in [3.05, 3.63) is 29.6 Å². The lowest BCUT2D eigenvalue weighted by molar-refractivity contribution is -0.142. The van der Waals surface area contributed by atoms with Crippen molar-refractivity contribution >= 4 is 11.7 Å². The Morgan fingerprint density at radius 1 is 1.47 bits per heavy atom. The Kier molecular flexibility index (Phi) is 2.81. The molecular formula is C13H16FNO2. The summed E-state index contributed by atoms with van der Waals surface area (Å²) in [6.45, 7) is 3.44. The van der Waals surface area contributed by atoms with Crippen molar-refractivity contribution in [3.8, 4) is 0 Å². The lowest BCUT2D eigenvalue weighted by Gasteiger charge is -2.27. The van der Waals surface area contributed by atoms with E-state index in [9.17, 15) is 14.3 Å². The standard InChI is InChI=1S/C13H16FNO2/c1-8-5-10(14)7-11(6-8)15-13(2,12(16)17)9-3-4-9/h5-7,9,15H,3-4H2,1-2H3,(H,16,17). The van der Waals surface area contributed by atoms with Crippen molar-refractivity contribution in [1.29, 1.82) is 0 Å². The summed E-state index contributed by atoms with van der Waals surface area (Å²) in [4.78, 5) is 11.3. The zero-order chi connectivity index (χ0) is 12.6. The van der Waals surface area contributed by atoms with E-state index in [1.165, 1.54) is 12.1 Å². The van der Waals surface area contributed by atoms with Gasteiger partial charge in [0, 0.05) is 5.69 Å². The molecule has 1 unspecified atom stereocenters. The number of hydrogen-bond donors (Lipinski definition) is 2. The molecule has 0 aromatic heterocycles. The summed E-state index contributed by atoms with van der Waals surface area (Å²) in [7, 11) is 0. The molecular weight excluding hydrogens is 221 g/mol. The zero-order valence-electron chi connectivity index (χ0n) is 9.96. The van der Waals surface area contributed by atoms with Crippen molar-refractivity contribution in [1.82, 2.24) is 0 Å². The van der Waals surface area contributed by atoms with Gasteiger partial charge >= 0.3 is 5.97 Å². The highest BCUT2D eigenvalue weighted by atomic mass is 19.1. The van der Waals surface area contributed by atoms with E-state index >= 15 is 0 Å². The Labute approximate surface area is 99.7 Å². The van der Waals surface area contributed by atoms with Crippen LogP contribution in [0.2, 0.25) is 0 Å². The highest BCUT2D eigenvalue weighted by Crippen LogP contribution is 2.41. The number of carboxylic acid groups (broad SMARTS) is 1. The Hall–Kier alpha value is -1.58. The quantitative estimate of drug-likeness (QED) is 0.846. The number of carboxylic acids is 1. The van der Waals surface area contributed by atoms with Gasteiger partial charge < -0.3 is 10.4 Å². The number of nitrogens with one attached hydrogen (secondary N) is 1. The molecule has 0 bridgehead atoms. The second-order valence-electron chi connectivity index (χ2n) is 4.92. The third-order valence-electron chi connectivity index (χ3n) is 3.28. The Bertz CT molecular complexity index is 436. The molecule has 0 heterocycles. The summed E-state index contributed by atoms with van der Waals surface area (Å²) in [6.07, 6.45) is 1.81. The molecule has 1 aromatic carbocycles. The molecule has 1 saturated carbocycles. The van der Waals surface area contributed by atoms with Gasteiger partial charge in [0.15, 0.2) is 0 Å². The molecule has 4 heteroatoms. The molecule has 1 aliphatic carbocycles. The van der Waals surface area contributed by atoms with Gasteiger partial charge in [-0.1, -0.05) is 0 Å². The van der Waals surface area contributed by atoms with E-state index in [-0.39, 0.29) is 11.7 Å². The predicted molar refractivity (Wildman–Crippen MR) is 63.5 cm³/mol. The van der Waals surface area contributed by atoms with E-state index in [0.29, 0.717) is 5.69 Å². The number of carbonyl (C=O) groups is 1. The number of hydrogen-bond acceptors (Lipinski definition) is 2. The molecule has 0 radical (unpaired) electrons. The van der Waals surface area contributed by atoms with E-state index < -0.39 is 11.5 Å². The molecule has 2 rings (SSSR count). The molecule has 1 fully saturated rings. The Morgan fingerprint density at radius 3 is 2.59 bits per heavy atom. The van der Waals surface area contributed by atoms with Crippen LogP contribution >= 0.6 is 0 Å². The first kappa shape index (κ1) is 11.9. The molecule has 3 nitrogen and oxygen atoms in total. The Morgan fingerprint density at radius 2 is 2.12 bits per heavy atom. The topological polar surface area (TPSA) is 49.3 Å². The summed E-state index contributed by atoms with van der Waals surface area (Å²) in [5, 5.41) is 12.2. The number of aryl methyl sites for hydroxylation is 1. The summed E-state index contributed by atoms with van der Waals surface area (Å²) in [6, 6.07) is 4.50. The first-order valence-corrected chi connectivity index (χ1v) is 5.70.